The standard InChI is InChI=1S/C29H35ClN2O5/c1-16(2)36-20-11-18(27(34)35)12-21(14-20)37-26-22(30)13-19(15-31-26)25(33)29-23(28(29,4)5)8-7-17(3)24(29)32-9-6-10-32/h11-17,23-24H,6-10H2,1-5H3,(H,34,35). The molecule has 0 radical (unpaired) electrons. The number of Topliss-reactive ketones (excluding diaryl/α,β-unsaturated/α-hetero) is 1. The molecule has 2 heterocycles. The van der Waals surface area contributed by atoms with Crippen molar-refractivity contribution in [3.8, 4) is 17.4 Å². The summed E-state index contributed by atoms with van der Waals surface area (Å²) in [4.78, 5) is 32.7. The van der Waals surface area contributed by atoms with Crippen molar-refractivity contribution >= 4 is 23.4 Å². The molecule has 0 amide bonds. The third-order valence-corrected chi connectivity index (χ3v) is 9.03. The van der Waals surface area contributed by atoms with Crippen LogP contribution in [0.15, 0.2) is 30.5 Å². The minimum atomic E-state index is -1.10. The van der Waals surface area contributed by atoms with Crippen LogP contribution in [0.25, 0.3) is 0 Å². The second-order valence-electron chi connectivity index (χ2n) is 11.6. The second kappa shape index (κ2) is 9.28. The van der Waals surface area contributed by atoms with Gasteiger partial charge in [-0.3, -0.25) is 9.69 Å². The van der Waals surface area contributed by atoms with E-state index in [1.165, 1.54) is 18.6 Å². The Morgan fingerprint density at radius 2 is 1.81 bits per heavy atom. The van der Waals surface area contributed by atoms with Gasteiger partial charge in [-0.05, 0) is 81.6 Å². The number of carbonyl (C=O) groups is 2. The molecule has 2 aromatic rings. The number of likely N-dealkylation sites (tertiary alicyclic amines) is 1. The fourth-order valence-corrected chi connectivity index (χ4v) is 7.24. The first-order chi connectivity index (χ1) is 17.5. The molecule has 5 rings (SSSR count). The molecule has 37 heavy (non-hydrogen) atoms. The largest absolute Gasteiger partial charge is 0.491 e. The van der Waals surface area contributed by atoms with Gasteiger partial charge in [0.25, 0.3) is 0 Å². The number of ketones is 1. The average Bonchev–Trinajstić information content (AvgIpc) is 3.30. The first-order valence-electron chi connectivity index (χ1n) is 13.1. The van der Waals surface area contributed by atoms with E-state index in [2.05, 4.69) is 30.7 Å². The van der Waals surface area contributed by atoms with Crippen molar-refractivity contribution in [3.05, 3.63) is 46.6 Å². The van der Waals surface area contributed by atoms with Gasteiger partial charge in [-0.2, -0.15) is 0 Å². The van der Waals surface area contributed by atoms with Crippen LogP contribution < -0.4 is 9.47 Å². The van der Waals surface area contributed by atoms with Crippen molar-refractivity contribution in [2.24, 2.45) is 22.7 Å². The van der Waals surface area contributed by atoms with Gasteiger partial charge in [-0.15, -0.1) is 0 Å². The number of aromatic carboxylic acids is 1. The first kappa shape index (κ1) is 26.0. The fourth-order valence-electron chi connectivity index (χ4n) is 7.04. The van der Waals surface area contributed by atoms with E-state index in [0.29, 0.717) is 23.1 Å². The molecule has 2 aliphatic carbocycles. The van der Waals surface area contributed by atoms with Crippen LogP contribution in [0, 0.1) is 22.7 Å². The van der Waals surface area contributed by atoms with E-state index in [1.807, 2.05) is 13.8 Å². The Balaban J connectivity index is 1.44. The summed E-state index contributed by atoms with van der Waals surface area (Å²) in [5.74, 6) is 0.545. The quantitative estimate of drug-likeness (QED) is 0.401. The topological polar surface area (TPSA) is 89.0 Å². The highest BCUT2D eigenvalue weighted by Gasteiger charge is 2.80. The van der Waals surface area contributed by atoms with Gasteiger partial charge in [0.05, 0.1) is 17.1 Å². The summed E-state index contributed by atoms with van der Waals surface area (Å²) in [6, 6.07) is 6.31. The van der Waals surface area contributed by atoms with E-state index >= 15 is 0 Å². The summed E-state index contributed by atoms with van der Waals surface area (Å²) in [6.07, 6.45) is 4.80. The van der Waals surface area contributed by atoms with Crippen LogP contribution in [-0.2, 0) is 0 Å². The number of hydrogen-bond acceptors (Lipinski definition) is 6. The van der Waals surface area contributed by atoms with E-state index in [4.69, 9.17) is 21.1 Å². The molecule has 8 heteroatoms. The number of carboxylic acid groups (broad SMARTS) is 1. The number of fused-ring (bicyclic) bond motifs is 1. The van der Waals surface area contributed by atoms with E-state index in [-0.39, 0.29) is 45.6 Å². The summed E-state index contributed by atoms with van der Waals surface area (Å²) >= 11 is 6.59. The summed E-state index contributed by atoms with van der Waals surface area (Å²) in [5.41, 5.74) is 0.00868. The number of halogens is 1. The Hall–Kier alpha value is -2.64. The monoisotopic (exact) mass is 526 g/mol. The van der Waals surface area contributed by atoms with Gasteiger partial charge in [0.15, 0.2) is 5.78 Å². The number of hydrogen-bond donors (Lipinski definition) is 1. The highest BCUT2D eigenvalue weighted by Crippen LogP contribution is 2.77. The van der Waals surface area contributed by atoms with Crippen LogP contribution in [0.3, 0.4) is 0 Å². The van der Waals surface area contributed by atoms with Gasteiger partial charge in [0.1, 0.15) is 16.5 Å². The van der Waals surface area contributed by atoms with Gasteiger partial charge >= 0.3 is 5.97 Å². The van der Waals surface area contributed by atoms with Crippen molar-refractivity contribution in [1.29, 1.82) is 0 Å². The number of carbonyl (C=O) groups excluding carboxylic acids is 1. The zero-order valence-corrected chi connectivity index (χ0v) is 22.8. The molecule has 0 spiro atoms. The molecular weight excluding hydrogens is 492 g/mol. The summed E-state index contributed by atoms with van der Waals surface area (Å²) < 4.78 is 11.5. The predicted molar refractivity (Wildman–Crippen MR) is 141 cm³/mol. The number of benzene rings is 1. The molecule has 1 aromatic carbocycles. The number of ether oxygens (including phenoxy) is 2. The minimum absolute atomic E-state index is 0.0284. The SMILES string of the molecule is CC(C)Oc1cc(Oc2ncc(C(=O)C34C(N5CCC5)C(C)CCC3C4(C)C)cc2Cl)cc(C(=O)O)c1. The average molecular weight is 527 g/mol. The molecule has 1 saturated heterocycles. The molecule has 3 aliphatic rings. The van der Waals surface area contributed by atoms with Crippen molar-refractivity contribution in [2.75, 3.05) is 13.1 Å². The summed E-state index contributed by atoms with van der Waals surface area (Å²) in [6.45, 7) is 12.6. The normalized spacial score (nSPS) is 28.2. The number of nitrogens with zero attached hydrogens (tertiary/aromatic N) is 2. The molecule has 3 fully saturated rings. The van der Waals surface area contributed by atoms with Crippen molar-refractivity contribution in [1.82, 2.24) is 9.88 Å². The maximum absolute atomic E-state index is 14.2. The zero-order chi connectivity index (χ0) is 26.7. The van der Waals surface area contributed by atoms with Crippen LogP contribution in [0.5, 0.6) is 17.4 Å². The fraction of sp³-hybridized carbons (Fsp3) is 0.552. The smallest absolute Gasteiger partial charge is 0.335 e. The Labute approximate surface area is 223 Å². The van der Waals surface area contributed by atoms with Crippen LogP contribution in [0.2, 0.25) is 5.02 Å². The molecule has 1 aromatic heterocycles. The van der Waals surface area contributed by atoms with Crippen LogP contribution in [0.1, 0.15) is 74.6 Å². The summed E-state index contributed by atoms with van der Waals surface area (Å²) in [7, 11) is 0. The van der Waals surface area contributed by atoms with Crippen LogP contribution in [0.4, 0.5) is 0 Å². The lowest BCUT2D eigenvalue weighted by atomic mass is 9.70. The van der Waals surface area contributed by atoms with E-state index in [1.54, 1.807) is 18.3 Å². The van der Waals surface area contributed by atoms with Gasteiger partial charge in [0.2, 0.25) is 5.88 Å². The van der Waals surface area contributed by atoms with Crippen LogP contribution >= 0.6 is 11.6 Å². The van der Waals surface area contributed by atoms with E-state index < -0.39 is 11.4 Å². The molecule has 0 bridgehead atoms. The highest BCUT2D eigenvalue weighted by molar-refractivity contribution is 6.32. The molecule has 198 valence electrons. The zero-order valence-electron chi connectivity index (χ0n) is 22.1. The first-order valence-corrected chi connectivity index (χ1v) is 13.5. The molecule has 1 N–H and O–H groups in total. The van der Waals surface area contributed by atoms with Crippen molar-refractivity contribution < 1.29 is 24.2 Å². The van der Waals surface area contributed by atoms with Crippen molar-refractivity contribution in [2.45, 2.75) is 66.0 Å². The molecule has 2 saturated carbocycles. The van der Waals surface area contributed by atoms with Gasteiger partial charge in [-0.25, -0.2) is 9.78 Å². The number of carboxylic acids is 1. The minimum Gasteiger partial charge on any atom is -0.491 e. The molecule has 4 unspecified atom stereocenters. The third kappa shape index (κ3) is 4.20. The van der Waals surface area contributed by atoms with Gasteiger partial charge in [-0.1, -0.05) is 32.4 Å². The molecule has 7 nitrogen and oxygen atoms in total. The number of aromatic nitrogens is 1. The maximum atomic E-state index is 14.2. The lowest BCUT2D eigenvalue weighted by molar-refractivity contribution is 0.00475. The Kier molecular flexibility index (Phi) is 6.52. The Morgan fingerprint density at radius 3 is 2.41 bits per heavy atom. The lowest BCUT2D eigenvalue weighted by Gasteiger charge is -2.48. The lowest BCUT2D eigenvalue weighted by Crippen LogP contribution is -2.57. The summed E-state index contributed by atoms with van der Waals surface area (Å²) in [5, 5.41) is 9.69. The van der Waals surface area contributed by atoms with Crippen LogP contribution in [-0.4, -0.2) is 52.0 Å². The molecule has 1 aliphatic heterocycles. The van der Waals surface area contributed by atoms with Gasteiger partial charge in [0, 0.05) is 23.9 Å². The Morgan fingerprint density at radius 1 is 1.11 bits per heavy atom. The third-order valence-electron chi connectivity index (χ3n) is 8.76. The molecule has 4 atom stereocenters. The highest BCUT2D eigenvalue weighted by atomic mass is 35.5. The van der Waals surface area contributed by atoms with Gasteiger partial charge < -0.3 is 14.6 Å². The number of pyridine rings is 1. The van der Waals surface area contributed by atoms with E-state index in [9.17, 15) is 14.7 Å². The second-order valence-corrected chi connectivity index (χ2v) is 12.0. The van der Waals surface area contributed by atoms with Crippen molar-refractivity contribution in [3.63, 3.8) is 0 Å². The number of rotatable bonds is 8. The predicted octanol–water partition coefficient (Wildman–Crippen LogP) is 6.34. The maximum Gasteiger partial charge on any atom is 0.335 e. The Bertz CT molecular complexity index is 1240. The molecular formula is C29H35ClN2O5. The van der Waals surface area contributed by atoms with E-state index in [0.717, 1.165) is 25.9 Å².